The van der Waals surface area contributed by atoms with Crippen LogP contribution >= 0.6 is 11.6 Å². The lowest BCUT2D eigenvalue weighted by molar-refractivity contribution is 0.479. The third-order valence-electron chi connectivity index (χ3n) is 3.08. The van der Waals surface area contributed by atoms with Crippen LogP contribution in [0.15, 0.2) is 24.3 Å². The molecule has 0 bridgehead atoms. The first-order chi connectivity index (χ1) is 8.29. The van der Waals surface area contributed by atoms with Gasteiger partial charge in [0, 0.05) is 11.1 Å². The van der Waals surface area contributed by atoms with Crippen LogP contribution in [0.2, 0.25) is 5.02 Å². The van der Waals surface area contributed by atoms with Crippen molar-refractivity contribution < 1.29 is 0 Å². The Balaban J connectivity index is 2.41. The fourth-order valence-corrected chi connectivity index (χ4v) is 2.31. The molecule has 0 amide bonds. The van der Waals surface area contributed by atoms with Crippen LogP contribution in [0.3, 0.4) is 0 Å². The third kappa shape index (κ3) is 5.07. The van der Waals surface area contributed by atoms with E-state index in [0.717, 1.165) is 17.0 Å². The molecule has 1 rings (SSSR count). The molecule has 1 unspecified atom stereocenters. The summed E-state index contributed by atoms with van der Waals surface area (Å²) in [4.78, 5) is 0. The van der Waals surface area contributed by atoms with E-state index < -0.39 is 0 Å². The van der Waals surface area contributed by atoms with Crippen LogP contribution in [0.25, 0.3) is 0 Å². The van der Waals surface area contributed by atoms with Crippen LogP contribution in [-0.2, 0) is 0 Å². The molecule has 0 heterocycles. The molecule has 1 aromatic carbocycles. The number of unbranched alkanes of at least 4 members (excludes halogenated alkanes) is 4. The maximum Gasteiger partial charge on any atom is 0.0474 e. The zero-order chi connectivity index (χ0) is 12.5. The second-order valence-corrected chi connectivity index (χ2v) is 4.85. The number of rotatable bonds is 8. The second kappa shape index (κ2) is 8.51. The van der Waals surface area contributed by atoms with Gasteiger partial charge in [0.2, 0.25) is 0 Å². The van der Waals surface area contributed by atoms with Crippen LogP contribution in [-0.4, -0.2) is 0 Å². The first kappa shape index (κ1) is 14.5. The van der Waals surface area contributed by atoms with E-state index in [1.165, 1.54) is 32.1 Å². The van der Waals surface area contributed by atoms with Crippen molar-refractivity contribution in [2.75, 3.05) is 0 Å². The Bertz CT molecular complexity index is 315. The summed E-state index contributed by atoms with van der Waals surface area (Å²) in [6.45, 7) is 2.23. The molecule has 0 spiro atoms. The average Bonchev–Trinajstić information content (AvgIpc) is 2.35. The number of hydrazine groups is 1. The highest BCUT2D eigenvalue weighted by atomic mass is 35.5. The van der Waals surface area contributed by atoms with E-state index >= 15 is 0 Å². The Labute approximate surface area is 110 Å². The Hall–Kier alpha value is -0.570. The minimum Gasteiger partial charge on any atom is -0.271 e. The molecule has 2 nitrogen and oxygen atoms in total. The van der Waals surface area contributed by atoms with E-state index in [9.17, 15) is 0 Å². The SMILES string of the molecule is CCCCCCCC(NN)c1ccccc1Cl. The first-order valence-electron chi connectivity index (χ1n) is 6.50. The van der Waals surface area contributed by atoms with Gasteiger partial charge < -0.3 is 0 Å². The number of hydrogen-bond acceptors (Lipinski definition) is 2. The molecule has 0 aliphatic carbocycles. The number of nitrogens with two attached hydrogens (primary N) is 1. The van der Waals surface area contributed by atoms with E-state index in [1.807, 2.05) is 24.3 Å². The molecular weight excluding hydrogens is 232 g/mol. The van der Waals surface area contributed by atoms with Crippen molar-refractivity contribution in [3.05, 3.63) is 34.9 Å². The van der Waals surface area contributed by atoms with Gasteiger partial charge in [-0.15, -0.1) is 0 Å². The van der Waals surface area contributed by atoms with Crippen molar-refractivity contribution in [3.8, 4) is 0 Å². The Morgan fingerprint density at radius 1 is 1.18 bits per heavy atom. The standard InChI is InChI=1S/C14H23ClN2/c1-2-3-4-5-6-11-14(17-16)12-9-7-8-10-13(12)15/h7-10,14,17H,2-6,11,16H2,1H3. The summed E-state index contributed by atoms with van der Waals surface area (Å²) in [5.41, 5.74) is 3.97. The number of nitrogens with one attached hydrogen (secondary N) is 1. The molecule has 0 radical (unpaired) electrons. The third-order valence-corrected chi connectivity index (χ3v) is 3.42. The summed E-state index contributed by atoms with van der Waals surface area (Å²) in [6, 6.07) is 8.07. The largest absolute Gasteiger partial charge is 0.271 e. The molecule has 0 aliphatic heterocycles. The molecule has 3 heteroatoms. The molecule has 0 saturated heterocycles. The van der Waals surface area contributed by atoms with Gasteiger partial charge >= 0.3 is 0 Å². The summed E-state index contributed by atoms with van der Waals surface area (Å²) in [6.07, 6.45) is 7.44. The van der Waals surface area contributed by atoms with Gasteiger partial charge in [-0.05, 0) is 18.1 Å². The summed E-state index contributed by atoms with van der Waals surface area (Å²) in [5, 5.41) is 0.795. The van der Waals surface area contributed by atoms with Crippen molar-refractivity contribution >= 4 is 11.6 Å². The summed E-state index contributed by atoms with van der Waals surface area (Å²) in [5.74, 6) is 5.61. The fraction of sp³-hybridized carbons (Fsp3) is 0.571. The normalized spacial score (nSPS) is 12.6. The zero-order valence-corrected chi connectivity index (χ0v) is 11.3. The molecule has 1 atom stereocenters. The minimum atomic E-state index is 0.172. The van der Waals surface area contributed by atoms with E-state index in [2.05, 4.69) is 12.3 Å². The van der Waals surface area contributed by atoms with Crippen molar-refractivity contribution in [2.45, 2.75) is 51.5 Å². The number of hydrogen-bond donors (Lipinski definition) is 2. The van der Waals surface area contributed by atoms with Crippen molar-refractivity contribution in [1.82, 2.24) is 5.43 Å². The fourth-order valence-electron chi connectivity index (χ4n) is 2.04. The quantitative estimate of drug-likeness (QED) is 0.414. The van der Waals surface area contributed by atoms with Gasteiger partial charge in [-0.3, -0.25) is 11.3 Å². The lowest BCUT2D eigenvalue weighted by atomic mass is 10.0. The highest BCUT2D eigenvalue weighted by Gasteiger charge is 2.11. The lowest BCUT2D eigenvalue weighted by Crippen LogP contribution is -2.28. The van der Waals surface area contributed by atoms with Gasteiger partial charge in [-0.25, -0.2) is 0 Å². The minimum absolute atomic E-state index is 0.172. The summed E-state index contributed by atoms with van der Waals surface area (Å²) < 4.78 is 0. The highest BCUT2D eigenvalue weighted by Crippen LogP contribution is 2.26. The zero-order valence-electron chi connectivity index (χ0n) is 10.6. The van der Waals surface area contributed by atoms with Gasteiger partial charge in [0.05, 0.1) is 0 Å². The molecule has 96 valence electrons. The molecule has 1 aromatic rings. The van der Waals surface area contributed by atoms with E-state index in [4.69, 9.17) is 17.4 Å². The van der Waals surface area contributed by atoms with Gasteiger partial charge in [0.25, 0.3) is 0 Å². The summed E-state index contributed by atoms with van der Waals surface area (Å²) >= 11 is 6.16. The lowest BCUT2D eigenvalue weighted by Gasteiger charge is -2.17. The average molecular weight is 255 g/mol. The highest BCUT2D eigenvalue weighted by molar-refractivity contribution is 6.31. The van der Waals surface area contributed by atoms with Crippen molar-refractivity contribution in [3.63, 3.8) is 0 Å². The second-order valence-electron chi connectivity index (χ2n) is 4.44. The monoisotopic (exact) mass is 254 g/mol. The van der Waals surface area contributed by atoms with Gasteiger partial charge in [-0.2, -0.15) is 0 Å². The molecule has 0 fully saturated rings. The Morgan fingerprint density at radius 2 is 1.88 bits per heavy atom. The molecule has 0 aromatic heterocycles. The van der Waals surface area contributed by atoms with E-state index in [0.29, 0.717) is 0 Å². The van der Waals surface area contributed by atoms with Crippen LogP contribution in [0.1, 0.15) is 57.1 Å². The predicted octanol–water partition coefficient (Wildman–Crippen LogP) is 4.20. The first-order valence-corrected chi connectivity index (χ1v) is 6.88. The molecular formula is C14H23ClN2. The summed E-state index contributed by atoms with van der Waals surface area (Å²) in [7, 11) is 0. The predicted molar refractivity (Wildman–Crippen MR) is 74.9 cm³/mol. The Kier molecular flexibility index (Phi) is 7.25. The van der Waals surface area contributed by atoms with Crippen molar-refractivity contribution in [1.29, 1.82) is 0 Å². The van der Waals surface area contributed by atoms with Crippen molar-refractivity contribution in [2.24, 2.45) is 5.84 Å². The number of halogens is 1. The van der Waals surface area contributed by atoms with E-state index in [1.54, 1.807) is 0 Å². The van der Waals surface area contributed by atoms with Crippen LogP contribution in [0.5, 0.6) is 0 Å². The topological polar surface area (TPSA) is 38.0 Å². The maximum atomic E-state index is 6.16. The number of benzene rings is 1. The molecule has 0 aliphatic rings. The van der Waals surface area contributed by atoms with Gasteiger partial charge in [0.15, 0.2) is 0 Å². The molecule has 0 saturated carbocycles. The molecule has 17 heavy (non-hydrogen) atoms. The smallest absolute Gasteiger partial charge is 0.0474 e. The van der Waals surface area contributed by atoms with Gasteiger partial charge in [-0.1, -0.05) is 68.8 Å². The van der Waals surface area contributed by atoms with Gasteiger partial charge in [0.1, 0.15) is 0 Å². The van der Waals surface area contributed by atoms with E-state index in [-0.39, 0.29) is 6.04 Å². The van der Waals surface area contributed by atoms with Crippen LogP contribution < -0.4 is 11.3 Å². The van der Waals surface area contributed by atoms with Crippen LogP contribution in [0.4, 0.5) is 0 Å². The Morgan fingerprint density at radius 3 is 2.53 bits per heavy atom. The maximum absolute atomic E-state index is 6.16. The molecule has 3 N–H and O–H groups in total. The van der Waals surface area contributed by atoms with Crippen LogP contribution in [0, 0.1) is 0 Å².